The average Bonchev–Trinajstić information content (AvgIpc) is 2.99. The molecular weight excluding hydrogens is 254 g/mol. The molecule has 0 saturated carbocycles. The Morgan fingerprint density at radius 3 is 2.89 bits per heavy atom. The first-order valence-electron chi connectivity index (χ1n) is 6.19. The van der Waals surface area contributed by atoms with E-state index in [1.807, 2.05) is 24.4 Å². The van der Waals surface area contributed by atoms with Gasteiger partial charge < -0.3 is 0 Å². The predicted molar refractivity (Wildman–Crippen MR) is 79.8 cm³/mol. The molecule has 0 aliphatic carbocycles. The van der Waals surface area contributed by atoms with Crippen molar-refractivity contribution in [1.29, 1.82) is 0 Å². The molecule has 1 atom stereocenters. The average molecular weight is 269 g/mol. The number of para-hydroxylation sites is 1. The summed E-state index contributed by atoms with van der Waals surface area (Å²) < 4.78 is 0. The Hall–Kier alpha value is -1.75. The first kappa shape index (κ1) is 12.3. The van der Waals surface area contributed by atoms with Gasteiger partial charge >= 0.3 is 0 Å². The van der Waals surface area contributed by atoms with Gasteiger partial charge in [-0.25, -0.2) is 0 Å². The van der Waals surface area contributed by atoms with Crippen LogP contribution in [-0.2, 0) is 6.42 Å². The van der Waals surface area contributed by atoms with Crippen LogP contribution in [0.25, 0.3) is 10.9 Å². The molecule has 3 aromatic rings. The van der Waals surface area contributed by atoms with Gasteiger partial charge in [0.05, 0.1) is 11.6 Å². The van der Waals surface area contributed by atoms with Crippen LogP contribution < -0.4 is 11.3 Å². The van der Waals surface area contributed by atoms with Crippen LogP contribution in [0.3, 0.4) is 0 Å². The SMILES string of the molecule is NNC(Cc1ccnc2ccccc12)c1ccsc1. The van der Waals surface area contributed by atoms with Crippen LogP contribution in [0.4, 0.5) is 0 Å². The number of thiophene rings is 1. The lowest BCUT2D eigenvalue weighted by Crippen LogP contribution is -2.29. The third kappa shape index (κ3) is 2.51. The number of nitrogens with one attached hydrogen (secondary N) is 1. The van der Waals surface area contributed by atoms with Gasteiger partial charge in [0.25, 0.3) is 0 Å². The van der Waals surface area contributed by atoms with E-state index in [0.29, 0.717) is 0 Å². The smallest absolute Gasteiger partial charge is 0.0704 e. The molecule has 0 bridgehead atoms. The quantitative estimate of drug-likeness (QED) is 0.565. The first-order chi connectivity index (χ1) is 9.38. The fourth-order valence-electron chi connectivity index (χ4n) is 2.30. The fourth-order valence-corrected chi connectivity index (χ4v) is 3.01. The second-order valence-corrected chi connectivity index (χ2v) is 5.25. The predicted octanol–water partition coefficient (Wildman–Crippen LogP) is 3.04. The lowest BCUT2D eigenvalue weighted by atomic mass is 9.99. The zero-order chi connectivity index (χ0) is 13.1. The third-order valence-corrected chi connectivity index (χ3v) is 4.01. The van der Waals surface area contributed by atoms with Crippen LogP contribution in [0.2, 0.25) is 0 Å². The van der Waals surface area contributed by atoms with E-state index in [0.717, 1.165) is 11.9 Å². The summed E-state index contributed by atoms with van der Waals surface area (Å²) >= 11 is 1.69. The number of aromatic nitrogens is 1. The number of hydrazine groups is 1. The topological polar surface area (TPSA) is 50.9 Å². The number of hydrogen-bond acceptors (Lipinski definition) is 4. The van der Waals surface area contributed by atoms with Gasteiger partial charge in [0.15, 0.2) is 0 Å². The Balaban J connectivity index is 1.96. The molecule has 19 heavy (non-hydrogen) atoms. The zero-order valence-electron chi connectivity index (χ0n) is 10.4. The lowest BCUT2D eigenvalue weighted by molar-refractivity contribution is 0.555. The van der Waals surface area contributed by atoms with Gasteiger partial charge in [-0.3, -0.25) is 16.3 Å². The summed E-state index contributed by atoms with van der Waals surface area (Å²) in [5.41, 5.74) is 6.43. The van der Waals surface area contributed by atoms with E-state index in [4.69, 9.17) is 5.84 Å². The van der Waals surface area contributed by atoms with E-state index in [1.54, 1.807) is 11.3 Å². The number of benzene rings is 1. The molecule has 4 heteroatoms. The molecule has 96 valence electrons. The van der Waals surface area contributed by atoms with Crippen LogP contribution in [0, 0.1) is 0 Å². The van der Waals surface area contributed by atoms with Gasteiger partial charge in [0, 0.05) is 11.6 Å². The maximum absolute atomic E-state index is 5.69. The third-order valence-electron chi connectivity index (χ3n) is 3.31. The molecule has 0 saturated heterocycles. The summed E-state index contributed by atoms with van der Waals surface area (Å²) in [5.74, 6) is 5.69. The highest BCUT2D eigenvalue weighted by atomic mass is 32.1. The summed E-state index contributed by atoms with van der Waals surface area (Å²) in [5, 5.41) is 5.40. The summed E-state index contributed by atoms with van der Waals surface area (Å²) in [6, 6.07) is 12.5. The van der Waals surface area contributed by atoms with Crippen molar-refractivity contribution in [3.05, 3.63) is 64.5 Å². The van der Waals surface area contributed by atoms with Crippen molar-refractivity contribution in [2.75, 3.05) is 0 Å². The van der Waals surface area contributed by atoms with Crippen molar-refractivity contribution < 1.29 is 0 Å². The van der Waals surface area contributed by atoms with Crippen LogP contribution in [0.5, 0.6) is 0 Å². The highest BCUT2D eigenvalue weighted by Crippen LogP contribution is 2.24. The summed E-state index contributed by atoms with van der Waals surface area (Å²) in [4.78, 5) is 4.39. The van der Waals surface area contributed by atoms with Crippen molar-refractivity contribution in [2.24, 2.45) is 5.84 Å². The number of pyridine rings is 1. The van der Waals surface area contributed by atoms with Gasteiger partial charge in [-0.2, -0.15) is 11.3 Å². The summed E-state index contributed by atoms with van der Waals surface area (Å²) in [6.07, 6.45) is 2.72. The van der Waals surface area contributed by atoms with Gasteiger partial charge in [-0.15, -0.1) is 0 Å². The Morgan fingerprint density at radius 1 is 1.21 bits per heavy atom. The Labute approximate surface area is 116 Å². The van der Waals surface area contributed by atoms with Crippen molar-refractivity contribution in [3.8, 4) is 0 Å². The Kier molecular flexibility index (Phi) is 3.55. The number of nitrogens with two attached hydrogens (primary N) is 1. The maximum atomic E-state index is 5.69. The standard InChI is InChI=1S/C15H15N3S/c16-18-15(12-6-8-19-10-12)9-11-5-7-17-14-4-2-1-3-13(11)14/h1-8,10,15,18H,9,16H2. The molecule has 1 aromatic carbocycles. The van der Waals surface area contributed by atoms with Crippen LogP contribution >= 0.6 is 11.3 Å². The van der Waals surface area contributed by atoms with Gasteiger partial charge in [-0.05, 0) is 46.5 Å². The van der Waals surface area contributed by atoms with Crippen molar-refractivity contribution in [3.63, 3.8) is 0 Å². The molecule has 2 heterocycles. The minimum absolute atomic E-state index is 0.136. The Bertz CT molecular complexity index is 659. The van der Waals surface area contributed by atoms with Crippen molar-refractivity contribution in [1.82, 2.24) is 10.4 Å². The molecule has 0 aliphatic heterocycles. The second kappa shape index (κ2) is 5.48. The van der Waals surface area contributed by atoms with Crippen molar-refractivity contribution in [2.45, 2.75) is 12.5 Å². The van der Waals surface area contributed by atoms with E-state index in [-0.39, 0.29) is 6.04 Å². The van der Waals surface area contributed by atoms with Crippen molar-refractivity contribution >= 4 is 22.2 Å². The largest absolute Gasteiger partial charge is 0.271 e. The van der Waals surface area contributed by atoms with E-state index in [1.165, 1.54) is 16.5 Å². The van der Waals surface area contributed by atoms with E-state index < -0.39 is 0 Å². The van der Waals surface area contributed by atoms with E-state index in [2.05, 4.69) is 39.4 Å². The first-order valence-corrected chi connectivity index (χ1v) is 7.13. The number of rotatable bonds is 4. The zero-order valence-corrected chi connectivity index (χ0v) is 11.2. The highest BCUT2D eigenvalue weighted by molar-refractivity contribution is 7.07. The van der Waals surface area contributed by atoms with E-state index in [9.17, 15) is 0 Å². The molecular formula is C15H15N3S. The maximum Gasteiger partial charge on any atom is 0.0704 e. The van der Waals surface area contributed by atoms with Gasteiger partial charge in [-0.1, -0.05) is 18.2 Å². The Morgan fingerprint density at radius 2 is 2.11 bits per heavy atom. The minimum atomic E-state index is 0.136. The number of fused-ring (bicyclic) bond motifs is 1. The molecule has 0 fully saturated rings. The van der Waals surface area contributed by atoms with Crippen LogP contribution in [0.15, 0.2) is 53.4 Å². The normalized spacial score (nSPS) is 12.7. The lowest BCUT2D eigenvalue weighted by Gasteiger charge is -2.15. The van der Waals surface area contributed by atoms with Gasteiger partial charge in [0.2, 0.25) is 0 Å². The molecule has 3 nitrogen and oxygen atoms in total. The molecule has 0 radical (unpaired) electrons. The van der Waals surface area contributed by atoms with Crippen LogP contribution in [0.1, 0.15) is 17.2 Å². The summed E-state index contributed by atoms with van der Waals surface area (Å²) in [6.45, 7) is 0. The number of hydrogen-bond donors (Lipinski definition) is 2. The molecule has 1 unspecified atom stereocenters. The molecule has 3 rings (SSSR count). The van der Waals surface area contributed by atoms with Crippen LogP contribution in [-0.4, -0.2) is 4.98 Å². The number of nitrogens with zero attached hydrogens (tertiary/aromatic N) is 1. The fraction of sp³-hybridized carbons (Fsp3) is 0.133. The summed E-state index contributed by atoms with van der Waals surface area (Å²) in [7, 11) is 0. The second-order valence-electron chi connectivity index (χ2n) is 4.47. The van der Waals surface area contributed by atoms with Gasteiger partial charge in [0.1, 0.15) is 0 Å². The van der Waals surface area contributed by atoms with E-state index >= 15 is 0 Å². The molecule has 3 N–H and O–H groups in total. The monoisotopic (exact) mass is 269 g/mol. The molecule has 0 spiro atoms. The molecule has 2 aromatic heterocycles. The molecule has 0 amide bonds. The minimum Gasteiger partial charge on any atom is -0.271 e. The highest BCUT2D eigenvalue weighted by Gasteiger charge is 2.12. The molecule has 0 aliphatic rings.